The van der Waals surface area contributed by atoms with E-state index in [2.05, 4.69) is 10.0 Å². The van der Waals surface area contributed by atoms with E-state index in [0.717, 1.165) is 13.0 Å². The molecule has 0 saturated carbocycles. The van der Waals surface area contributed by atoms with Gasteiger partial charge in [-0.15, -0.1) is 23.7 Å². The van der Waals surface area contributed by atoms with Crippen molar-refractivity contribution in [1.29, 1.82) is 0 Å². The van der Waals surface area contributed by atoms with Crippen LogP contribution >= 0.6 is 23.7 Å². The monoisotopic (exact) mass is 298 g/mol. The number of sulfonamides is 1. The van der Waals surface area contributed by atoms with E-state index in [1.807, 2.05) is 0 Å². The summed E-state index contributed by atoms with van der Waals surface area (Å²) in [5.41, 5.74) is 0. The first kappa shape index (κ1) is 14.7. The lowest BCUT2D eigenvalue weighted by Crippen LogP contribution is -2.35. The Bertz CT molecular complexity index is 455. The Labute approximate surface area is 111 Å². The van der Waals surface area contributed by atoms with Gasteiger partial charge in [-0.05, 0) is 24.4 Å². The fourth-order valence-corrected chi connectivity index (χ4v) is 4.22. The average Bonchev–Trinajstić information content (AvgIpc) is 2.85. The highest BCUT2D eigenvalue weighted by Gasteiger charge is 2.26. The van der Waals surface area contributed by atoms with E-state index < -0.39 is 10.0 Å². The molecule has 2 heterocycles. The van der Waals surface area contributed by atoms with Gasteiger partial charge < -0.3 is 10.1 Å². The zero-order valence-electron chi connectivity index (χ0n) is 9.30. The minimum absolute atomic E-state index is 0. The molecule has 1 aromatic heterocycles. The first-order valence-corrected chi connectivity index (χ1v) is 7.34. The molecule has 8 heteroatoms. The third-order valence-electron chi connectivity index (χ3n) is 2.44. The van der Waals surface area contributed by atoms with E-state index in [4.69, 9.17) is 4.74 Å². The van der Waals surface area contributed by atoms with Crippen LogP contribution in [-0.4, -0.2) is 34.7 Å². The van der Waals surface area contributed by atoms with Crippen LogP contribution in [0.5, 0.6) is 5.75 Å². The fraction of sp³-hybridized carbons (Fsp3) is 0.556. The highest BCUT2D eigenvalue weighted by atomic mass is 35.5. The highest BCUT2D eigenvalue weighted by molar-refractivity contribution is 7.91. The van der Waals surface area contributed by atoms with Crippen LogP contribution in [-0.2, 0) is 10.0 Å². The van der Waals surface area contributed by atoms with Crippen molar-refractivity contribution in [2.24, 2.45) is 0 Å². The molecular formula is C9H15ClN2O3S2. The van der Waals surface area contributed by atoms with Crippen molar-refractivity contribution < 1.29 is 13.2 Å². The van der Waals surface area contributed by atoms with Crippen molar-refractivity contribution in [1.82, 2.24) is 10.0 Å². The van der Waals surface area contributed by atoms with E-state index in [9.17, 15) is 8.42 Å². The number of rotatable bonds is 4. The predicted octanol–water partition coefficient (Wildman–Crippen LogP) is 0.819. The van der Waals surface area contributed by atoms with Crippen molar-refractivity contribution in [2.75, 3.05) is 20.2 Å². The predicted molar refractivity (Wildman–Crippen MR) is 69.7 cm³/mol. The van der Waals surface area contributed by atoms with Gasteiger partial charge in [0, 0.05) is 12.6 Å². The van der Waals surface area contributed by atoms with Crippen molar-refractivity contribution >= 4 is 33.8 Å². The van der Waals surface area contributed by atoms with E-state index in [1.165, 1.54) is 18.4 Å². The van der Waals surface area contributed by atoms with Crippen molar-refractivity contribution in [3.8, 4) is 5.75 Å². The molecule has 0 radical (unpaired) electrons. The maximum absolute atomic E-state index is 12.0. The minimum atomic E-state index is -3.44. The van der Waals surface area contributed by atoms with E-state index in [-0.39, 0.29) is 22.7 Å². The van der Waals surface area contributed by atoms with Gasteiger partial charge in [0.2, 0.25) is 0 Å². The molecule has 1 unspecified atom stereocenters. The summed E-state index contributed by atoms with van der Waals surface area (Å²) < 4.78 is 32.0. The SMILES string of the molecule is COc1ccsc1S(=O)(=O)NC1CCNC1.Cl. The molecule has 0 aliphatic carbocycles. The second-order valence-electron chi connectivity index (χ2n) is 3.59. The lowest BCUT2D eigenvalue weighted by Gasteiger charge is -2.11. The average molecular weight is 299 g/mol. The number of hydrogen-bond donors (Lipinski definition) is 2. The molecule has 1 aromatic rings. The van der Waals surface area contributed by atoms with Crippen LogP contribution in [0.2, 0.25) is 0 Å². The van der Waals surface area contributed by atoms with Crippen molar-refractivity contribution in [3.05, 3.63) is 11.4 Å². The summed E-state index contributed by atoms with van der Waals surface area (Å²) in [6, 6.07) is 1.64. The van der Waals surface area contributed by atoms with E-state index in [0.29, 0.717) is 12.3 Å². The van der Waals surface area contributed by atoms with Gasteiger partial charge in [0.15, 0.2) is 4.21 Å². The molecule has 5 nitrogen and oxygen atoms in total. The summed E-state index contributed by atoms with van der Waals surface area (Å²) >= 11 is 1.17. The van der Waals surface area contributed by atoms with Gasteiger partial charge in [-0.2, -0.15) is 0 Å². The van der Waals surface area contributed by atoms with Crippen LogP contribution in [0.3, 0.4) is 0 Å². The van der Waals surface area contributed by atoms with Crippen LogP contribution in [0.1, 0.15) is 6.42 Å². The largest absolute Gasteiger partial charge is 0.494 e. The fourth-order valence-electron chi connectivity index (χ4n) is 1.66. The maximum atomic E-state index is 12.0. The van der Waals surface area contributed by atoms with Gasteiger partial charge in [0.1, 0.15) is 5.75 Å². The van der Waals surface area contributed by atoms with Gasteiger partial charge >= 0.3 is 0 Å². The van der Waals surface area contributed by atoms with Crippen LogP contribution in [0.4, 0.5) is 0 Å². The Morgan fingerprint density at radius 1 is 1.59 bits per heavy atom. The summed E-state index contributed by atoms with van der Waals surface area (Å²) in [6.45, 7) is 1.54. The summed E-state index contributed by atoms with van der Waals surface area (Å²) in [5, 5.41) is 4.82. The molecule has 2 N–H and O–H groups in total. The first-order valence-electron chi connectivity index (χ1n) is 4.98. The second kappa shape index (κ2) is 6.01. The van der Waals surface area contributed by atoms with Crippen LogP contribution in [0.15, 0.2) is 15.7 Å². The molecule has 1 saturated heterocycles. The van der Waals surface area contributed by atoms with Gasteiger partial charge in [0.05, 0.1) is 7.11 Å². The lowest BCUT2D eigenvalue weighted by atomic mass is 10.3. The number of halogens is 1. The zero-order valence-corrected chi connectivity index (χ0v) is 11.8. The molecule has 1 aliphatic rings. The second-order valence-corrected chi connectivity index (χ2v) is 6.41. The molecule has 1 atom stereocenters. The third kappa shape index (κ3) is 3.32. The van der Waals surface area contributed by atoms with Gasteiger partial charge in [-0.25, -0.2) is 13.1 Å². The molecule has 0 aromatic carbocycles. The first-order chi connectivity index (χ1) is 7.63. The normalized spacial score (nSPS) is 19.9. The Morgan fingerprint density at radius 2 is 2.35 bits per heavy atom. The molecule has 1 fully saturated rings. The van der Waals surface area contributed by atoms with Gasteiger partial charge in [-0.1, -0.05) is 0 Å². The molecule has 0 spiro atoms. The lowest BCUT2D eigenvalue weighted by molar-refractivity contribution is 0.406. The molecular weight excluding hydrogens is 284 g/mol. The Balaban J connectivity index is 0.00000144. The Kier molecular flexibility index (Phi) is 5.21. The molecule has 0 amide bonds. The van der Waals surface area contributed by atoms with Gasteiger partial charge in [0.25, 0.3) is 10.0 Å². The topological polar surface area (TPSA) is 67.4 Å². The summed E-state index contributed by atoms with van der Waals surface area (Å²) in [6.07, 6.45) is 0.826. The quantitative estimate of drug-likeness (QED) is 0.863. The molecule has 98 valence electrons. The number of ether oxygens (including phenoxy) is 1. The van der Waals surface area contributed by atoms with Crippen molar-refractivity contribution in [3.63, 3.8) is 0 Å². The summed E-state index contributed by atoms with van der Waals surface area (Å²) in [7, 11) is -1.97. The number of thiophene rings is 1. The highest BCUT2D eigenvalue weighted by Crippen LogP contribution is 2.29. The minimum Gasteiger partial charge on any atom is -0.494 e. The number of nitrogens with one attached hydrogen (secondary N) is 2. The molecule has 0 bridgehead atoms. The molecule has 17 heavy (non-hydrogen) atoms. The Hall–Kier alpha value is -0.340. The van der Waals surface area contributed by atoms with Crippen LogP contribution in [0, 0.1) is 0 Å². The molecule has 1 aliphatic heterocycles. The standard InChI is InChI=1S/C9H14N2O3S2.ClH/c1-14-8-3-5-15-9(8)16(12,13)11-7-2-4-10-6-7;/h3,5,7,10-11H,2,4,6H2,1H3;1H. The van der Waals surface area contributed by atoms with Crippen LogP contribution in [0.25, 0.3) is 0 Å². The van der Waals surface area contributed by atoms with E-state index in [1.54, 1.807) is 11.4 Å². The van der Waals surface area contributed by atoms with Crippen molar-refractivity contribution in [2.45, 2.75) is 16.7 Å². The molecule has 2 rings (SSSR count). The number of hydrogen-bond acceptors (Lipinski definition) is 5. The third-order valence-corrected chi connectivity index (χ3v) is 5.41. The maximum Gasteiger partial charge on any atom is 0.254 e. The van der Waals surface area contributed by atoms with Gasteiger partial charge in [-0.3, -0.25) is 0 Å². The number of methoxy groups -OCH3 is 1. The van der Waals surface area contributed by atoms with Crippen LogP contribution < -0.4 is 14.8 Å². The Morgan fingerprint density at radius 3 is 2.94 bits per heavy atom. The van der Waals surface area contributed by atoms with E-state index >= 15 is 0 Å². The smallest absolute Gasteiger partial charge is 0.254 e. The zero-order chi connectivity index (χ0) is 11.6. The summed E-state index contributed by atoms with van der Waals surface area (Å²) in [4.78, 5) is 0. The summed E-state index contributed by atoms with van der Waals surface area (Å²) in [5.74, 6) is 0.406.